The van der Waals surface area contributed by atoms with Crippen LogP contribution in [-0.2, 0) is 6.54 Å². The first kappa shape index (κ1) is 14.6. The number of aliphatic hydroxyl groups is 1. The zero-order valence-electron chi connectivity index (χ0n) is 10.8. The van der Waals surface area contributed by atoms with E-state index in [9.17, 15) is 4.39 Å². The minimum atomic E-state index is -0.398. The van der Waals surface area contributed by atoms with Crippen LogP contribution in [0.25, 0.3) is 0 Å². The molecule has 5 heteroatoms. The quantitative estimate of drug-likeness (QED) is 0.528. The van der Waals surface area contributed by atoms with E-state index in [0.29, 0.717) is 18.7 Å². The number of halogens is 1. The minimum Gasteiger partial charge on any atom is -0.395 e. The first-order chi connectivity index (χ1) is 8.43. The second kappa shape index (κ2) is 6.47. The van der Waals surface area contributed by atoms with E-state index in [1.54, 1.807) is 6.07 Å². The van der Waals surface area contributed by atoms with Crippen LogP contribution >= 0.6 is 0 Å². The van der Waals surface area contributed by atoms with Gasteiger partial charge in [-0.1, -0.05) is 0 Å². The molecule has 100 valence electrons. The Balaban J connectivity index is 2.91. The van der Waals surface area contributed by atoms with E-state index in [-0.39, 0.29) is 18.5 Å². The number of hydrogen-bond donors (Lipinski definition) is 3. The van der Waals surface area contributed by atoms with Crippen LogP contribution < -0.4 is 5.73 Å². The molecule has 0 saturated carbocycles. The highest BCUT2D eigenvalue weighted by Gasteiger charge is 2.11. The van der Waals surface area contributed by atoms with E-state index in [1.165, 1.54) is 12.1 Å². The van der Waals surface area contributed by atoms with Crippen molar-refractivity contribution < 1.29 is 9.50 Å². The fourth-order valence-electron chi connectivity index (χ4n) is 1.78. The highest BCUT2D eigenvalue weighted by molar-refractivity contribution is 5.95. The first-order valence-corrected chi connectivity index (χ1v) is 5.92. The molecule has 0 fully saturated rings. The summed E-state index contributed by atoms with van der Waals surface area (Å²) in [5, 5.41) is 16.3. The lowest BCUT2D eigenvalue weighted by molar-refractivity contribution is 0.159. The lowest BCUT2D eigenvalue weighted by Crippen LogP contribution is -2.33. The summed E-state index contributed by atoms with van der Waals surface area (Å²) >= 11 is 0. The van der Waals surface area contributed by atoms with Gasteiger partial charge in [-0.05, 0) is 37.6 Å². The van der Waals surface area contributed by atoms with Gasteiger partial charge in [-0.25, -0.2) is 4.39 Å². The Morgan fingerprint density at radius 2 is 2.11 bits per heavy atom. The van der Waals surface area contributed by atoms with Gasteiger partial charge in [0.2, 0.25) is 0 Å². The fraction of sp³-hybridized carbons (Fsp3) is 0.462. The van der Waals surface area contributed by atoms with E-state index in [2.05, 4.69) is 0 Å². The molecule has 0 aliphatic rings. The Kier molecular flexibility index (Phi) is 5.25. The van der Waals surface area contributed by atoms with Gasteiger partial charge in [-0.15, -0.1) is 0 Å². The second-order valence-electron chi connectivity index (χ2n) is 4.55. The van der Waals surface area contributed by atoms with Crippen molar-refractivity contribution in [2.75, 3.05) is 13.2 Å². The fourth-order valence-corrected chi connectivity index (χ4v) is 1.78. The molecule has 0 atom stereocenters. The number of nitrogens with two attached hydrogens (primary N) is 1. The van der Waals surface area contributed by atoms with Gasteiger partial charge >= 0.3 is 0 Å². The summed E-state index contributed by atoms with van der Waals surface area (Å²) in [6.45, 7) is 5.15. The number of aliphatic hydroxyl groups excluding tert-OH is 1. The SMILES string of the molecule is CC(C)N(CCO)Cc1cc(F)cc(C(=N)N)c1. The maximum Gasteiger partial charge on any atom is 0.124 e. The molecule has 0 bridgehead atoms. The topological polar surface area (TPSA) is 73.3 Å². The first-order valence-electron chi connectivity index (χ1n) is 5.92. The van der Waals surface area contributed by atoms with Gasteiger partial charge in [0.25, 0.3) is 0 Å². The van der Waals surface area contributed by atoms with Crippen molar-refractivity contribution >= 4 is 5.84 Å². The van der Waals surface area contributed by atoms with Gasteiger partial charge in [0.1, 0.15) is 11.7 Å². The summed E-state index contributed by atoms with van der Waals surface area (Å²) in [6.07, 6.45) is 0. The van der Waals surface area contributed by atoms with Crippen molar-refractivity contribution in [3.8, 4) is 0 Å². The number of nitrogen functional groups attached to an aromatic ring is 1. The van der Waals surface area contributed by atoms with E-state index >= 15 is 0 Å². The molecule has 0 saturated heterocycles. The van der Waals surface area contributed by atoms with Crippen molar-refractivity contribution in [2.24, 2.45) is 5.73 Å². The number of rotatable bonds is 6. The van der Waals surface area contributed by atoms with Gasteiger partial charge in [0.15, 0.2) is 0 Å². The van der Waals surface area contributed by atoms with E-state index in [0.717, 1.165) is 5.56 Å². The molecule has 1 rings (SSSR count). The smallest absolute Gasteiger partial charge is 0.124 e. The third-order valence-electron chi connectivity index (χ3n) is 2.77. The summed E-state index contributed by atoms with van der Waals surface area (Å²) in [5.74, 6) is -0.542. The monoisotopic (exact) mass is 253 g/mol. The number of amidine groups is 1. The minimum absolute atomic E-state index is 0.0626. The van der Waals surface area contributed by atoms with Gasteiger partial charge in [0, 0.05) is 24.7 Å². The molecule has 1 aromatic rings. The van der Waals surface area contributed by atoms with Crippen LogP contribution in [0.1, 0.15) is 25.0 Å². The number of hydrogen-bond acceptors (Lipinski definition) is 3. The Hall–Kier alpha value is -1.46. The lowest BCUT2D eigenvalue weighted by atomic mass is 10.1. The molecule has 0 heterocycles. The van der Waals surface area contributed by atoms with Crippen LogP contribution in [0, 0.1) is 11.2 Å². The van der Waals surface area contributed by atoms with Crippen LogP contribution in [0.4, 0.5) is 4.39 Å². The molecule has 4 nitrogen and oxygen atoms in total. The van der Waals surface area contributed by atoms with Crippen LogP contribution in [-0.4, -0.2) is 35.0 Å². The van der Waals surface area contributed by atoms with Gasteiger partial charge in [-0.3, -0.25) is 10.3 Å². The lowest BCUT2D eigenvalue weighted by Gasteiger charge is -2.25. The van der Waals surface area contributed by atoms with Gasteiger partial charge < -0.3 is 10.8 Å². The van der Waals surface area contributed by atoms with Crippen LogP contribution in [0.3, 0.4) is 0 Å². The summed E-state index contributed by atoms with van der Waals surface area (Å²) in [4.78, 5) is 2.03. The van der Waals surface area contributed by atoms with Crippen LogP contribution in [0.2, 0.25) is 0 Å². The second-order valence-corrected chi connectivity index (χ2v) is 4.55. The molecule has 18 heavy (non-hydrogen) atoms. The van der Waals surface area contributed by atoms with E-state index < -0.39 is 5.82 Å². The molecule has 0 aromatic heterocycles. The van der Waals surface area contributed by atoms with E-state index in [4.69, 9.17) is 16.2 Å². The molecule has 0 aliphatic heterocycles. The molecule has 0 radical (unpaired) electrons. The van der Waals surface area contributed by atoms with Crippen molar-refractivity contribution in [3.05, 3.63) is 35.1 Å². The Labute approximate surface area is 107 Å². The molecule has 0 spiro atoms. The van der Waals surface area contributed by atoms with Crippen molar-refractivity contribution in [2.45, 2.75) is 26.4 Å². The van der Waals surface area contributed by atoms with Gasteiger partial charge in [0.05, 0.1) is 6.61 Å². The largest absolute Gasteiger partial charge is 0.395 e. The summed E-state index contributed by atoms with van der Waals surface area (Å²) in [7, 11) is 0. The predicted molar refractivity (Wildman–Crippen MR) is 70.0 cm³/mol. The van der Waals surface area contributed by atoms with Crippen molar-refractivity contribution in [1.82, 2.24) is 4.90 Å². The predicted octanol–water partition coefficient (Wildman–Crippen LogP) is 1.31. The average Bonchev–Trinajstić information content (AvgIpc) is 2.27. The molecule has 0 aliphatic carbocycles. The normalized spacial score (nSPS) is 11.2. The maximum absolute atomic E-state index is 13.4. The third-order valence-corrected chi connectivity index (χ3v) is 2.77. The zero-order chi connectivity index (χ0) is 13.7. The molecular weight excluding hydrogens is 233 g/mol. The standard InChI is InChI=1S/C13H20FN3O/c1-9(2)17(3-4-18)8-10-5-11(13(15)16)7-12(14)6-10/h5-7,9,18H,3-4,8H2,1-2H3,(H3,15,16). The summed E-state index contributed by atoms with van der Waals surface area (Å²) < 4.78 is 13.4. The number of benzene rings is 1. The number of nitrogens with one attached hydrogen (secondary N) is 1. The highest BCUT2D eigenvalue weighted by Crippen LogP contribution is 2.13. The number of nitrogens with zero attached hydrogens (tertiary/aromatic N) is 1. The molecule has 0 unspecified atom stereocenters. The summed E-state index contributed by atoms with van der Waals surface area (Å²) in [6, 6.07) is 4.63. The maximum atomic E-state index is 13.4. The average molecular weight is 253 g/mol. The zero-order valence-corrected chi connectivity index (χ0v) is 10.8. The molecular formula is C13H20FN3O. The van der Waals surface area contributed by atoms with Gasteiger partial charge in [-0.2, -0.15) is 0 Å². The highest BCUT2D eigenvalue weighted by atomic mass is 19.1. The van der Waals surface area contributed by atoms with Crippen molar-refractivity contribution in [3.63, 3.8) is 0 Å². The Morgan fingerprint density at radius 1 is 1.44 bits per heavy atom. The molecule has 0 amide bonds. The molecule has 1 aromatic carbocycles. The van der Waals surface area contributed by atoms with Crippen LogP contribution in [0.15, 0.2) is 18.2 Å². The Bertz CT molecular complexity index is 421. The van der Waals surface area contributed by atoms with Crippen molar-refractivity contribution in [1.29, 1.82) is 5.41 Å². The van der Waals surface area contributed by atoms with E-state index in [1.807, 2.05) is 18.7 Å². The van der Waals surface area contributed by atoms with Crippen LogP contribution in [0.5, 0.6) is 0 Å². The summed E-state index contributed by atoms with van der Waals surface area (Å²) in [5.41, 5.74) is 6.50. The molecule has 4 N–H and O–H groups in total. The Morgan fingerprint density at radius 3 is 2.61 bits per heavy atom. The third kappa shape index (κ3) is 4.09.